The minimum Gasteiger partial charge on any atom is -0.351 e. The lowest BCUT2D eigenvalue weighted by Crippen LogP contribution is -2.42. The molecule has 0 aromatic rings. The van der Waals surface area contributed by atoms with Gasteiger partial charge in [-0.25, -0.2) is 0 Å². The smallest absolute Gasteiger partial charge is 0.227 e. The van der Waals surface area contributed by atoms with Crippen LogP contribution in [-0.2, 0) is 4.79 Å². The van der Waals surface area contributed by atoms with E-state index in [9.17, 15) is 4.79 Å². The van der Waals surface area contributed by atoms with Crippen molar-refractivity contribution in [3.8, 4) is 0 Å². The minimum absolute atomic E-state index is 0.0625. The Hall–Kier alpha value is 0.0500. The molecule has 1 amide bonds. The topological polar surface area (TPSA) is 29.1 Å². The lowest BCUT2D eigenvalue weighted by molar-refractivity contribution is -0.124. The predicted molar refractivity (Wildman–Crippen MR) is 59.6 cm³/mol. The van der Waals surface area contributed by atoms with Crippen LogP contribution >= 0.6 is 23.2 Å². The molecule has 0 aromatic carbocycles. The van der Waals surface area contributed by atoms with Crippen LogP contribution in [0.15, 0.2) is 0 Å². The van der Waals surface area contributed by atoms with E-state index < -0.39 is 4.33 Å². The van der Waals surface area contributed by atoms with Crippen LogP contribution in [0.2, 0.25) is 0 Å². The average Bonchev–Trinajstić information content (AvgIpc) is 2.17. The van der Waals surface area contributed by atoms with E-state index in [4.69, 9.17) is 23.2 Å². The summed E-state index contributed by atoms with van der Waals surface area (Å²) in [4.78, 5) is 11.8. The molecule has 4 heteroatoms. The van der Waals surface area contributed by atoms with Gasteiger partial charge in [-0.15, -0.1) is 23.2 Å². The molecule has 2 nitrogen and oxygen atoms in total. The van der Waals surface area contributed by atoms with Gasteiger partial charge >= 0.3 is 0 Å². The van der Waals surface area contributed by atoms with Crippen LogP contribution in [-0.4, -0.2) is 15.8 Å². The van der Waals surface area contributed by atoms with Gasteiger partial charge in [-0.2, -0.15) is 0 Å². The van der Waals surface area contributed by atoms with E-state index in [1.54, 1.807) is 0 Å². The first-order valence-electron chi connectivity index (χ1n) is 4.70. The fraction of sp³-hybridized carbons (Fsp3) is 0.900. The Bertz CT molecular complexity index is 252. The summed E-state index contributed by atoms with van der Waals surface area (Å²) in [7, 11) is 0. The molecule has 0 bridgehead atoms. The summed E-state index contributed by atoms with van der Waals surface area (Å²) in [5.74, 6) is -0.370. The SMILES string of the molecule is CC(C)(C)NC(=O)C1C(C)(C)C1(Cl)Cl. The molecule has 0 aromatic heterocycles. The molecule has 1 rings (SSSR count). The summed E-state index contributed by atoms with van der Waals surface area (Å²) in [6.45, 7) is 9.61. The summed E-state index contributed by atoms with van der Waals surface area (Å²) in [5.41, 5.74) is -0.564. The second-order valence-electron chi connectivity index (χ2n) is 5.52. The largest absolute Gasteiger partial charge is 0.351 e. The average molecular weight is 238 g/mol. The standard InChI is InChI=1S/C10H17Cl2NO/c1-8(2,3)13-7(14)6-9(4,5)10(6,11)12/h6H,1-5H3,(H,13,14). The van der Waals surface area contributed by atoms with Crippen LogP contribution in [0.4, 0.5) is 0 Å². The summed E-state index contributed by atoms with van der Waals surface area (Å²) >= 11 is 12.1. The van der Waals surface area contributed by atoms with Gasteiger partial charge in [0, 0.05) is 11.0 Å². The normalized spacial score (nSPS) is 28.4. The van der Waals surface area contributed by atoms with Crippen molar-refractivity contribution in [2.75, 3.05) is 0 Å². The van der Waals surface area contributed by atoms with E-state index in [0.717, 1.165) is 0 Å². The molecular formula is C10H17Cl2NO. The zero-order valence-electron chi connectivity index (χ0n) is 9.24. The Labute approximate surface area is 95.3 Å². The maximum absolute atomic E-state index is 11.8. The number of nitrogens with one attached hydrogen (secondary N) is 1. The van der Waals surface area contributed by atoms with Crippen LogP contribution in [0.3, 0.4) is 0 Å². The maximum atomic E-state index is 11.8. The summed E-state index contributed by atoms with van der Waals surface area (Å²) in [5, 5.41) is 2.88. The molecule has 14 heavy (non-hydrogen) atoms. The van der Waals surface area contributed by atoms with Gasteiger partial charge in [0.15, 0.2) is 0 Å². The third-order valence-electron chi connectivity index (χ3n) is 2.62. The second-order valence-corrected chi connectivity index (χ2v) is 6.90. The number of halogens is 2. The lowest BCUT2D eigenvalue weighted by atomic mass is 10.1. The van der Waals surface area contributed by atoms with Gasteiger partial charge in [0.05, 0.1) is 5.92 Å². The molecule has 1 unspecified atom stereocenters. The number of alkyl halides is 2. The highest BCUT2D eigenvalue weighted by molar-refractivity contribution is 6.53. The molecule has 1 saturated carbocycles. The number of rotatable bonds is 1. The highest BCUT2D eigenvalue weighted by atomic mass is 35.5. The first-order valence-corrected chi connectivity index (χ1v) is 5.45. The van der Waals surface area contributed by atoms with Gasteiger partial charge in [-0.1, -0.05) is 13.8 Å². The van der Waals surface area contributed by atoms with Crippen molar-refractivity contribution in [1.29, 1.82) is 0 Å². The van der Waals surface area contributed by atoms with E-state index in [0.29, 0.717) is 0 Å². The maximum Gasteiger partial charge on any atom is 0.227 e. The van der Waals surface area contributed by atoms with E-state index >= 15 is 0 Å². The van der Waals surface area contributed by atoms with Crippen LogP contribution < -0.4 is 5.32 Å². The number of hydrogen-bond acceptors (Lipinski definition) is 1. The van der Waals surface area contributed by atoms with Gasteiger partial charge in [-0.3, -0.25) is 4.79 Å². The van der Waals surface area contributed by atoms with Crippen molar-refractivity contribution >= 4 is 29.1 Å². The van der Waals surface area contributed by atoms with Crippen molar-refractivity contribution in [2.45, 2.75) is 44.5 Å². The molecule has 0 radical (unpaired) electrons. The number of carbonyl (C=O) groups is 1. The third kappa shape index (κ3) is 1.87. The van der Waals surface area contributed by atoms with E-state index in [1.165, 1.54) is 0 Å². The second kappa shape index (κ2) is 3.02. The fourth-order valence-corrected chi connectivity index (χ4v) is 2.44. The number of carbonyl (C=O) groups excluding carboxylic acids is 1. The predicted octanol–water partition coefficient (Wildman–Crippen LogP) is 2.73. The molecule has 1 atom stereocenters. The van der Waals surface area contributed by atoms with Gasteiger partial charge in [0.25, 0.3) is 0 Å². The van der Waals surface area contributed by atoms with Crippen molar-refractivity contribution in [3.05, 3.63) is 0 Å². The van der Waals surface area contributed by atoms with Crippen LogP contribution in [0, 0.1) is 11.3 Å². The molecule has 0 heterocycles. The van der Waals surface area contributed by atoms with Crippen molar-refractivity contribution in [3.63, 3.8) is 0 Å². The van der Waals surface area contributed by atoms with E-state index in [1.807, 2.05) is 34.6 Å². The lowest BCUT2D eigenvalue weighted by Gasteiger charge is -2.20. The number of amides is 1. The number of hydrogen-bond donors (Lipinski definition) is 1. The highest BCUT2D eigenvalue weighted by Gasteiger charge is 2.73. The van der Waals surface area contributed by atoms with Gasteiger partial charge in [-0.05, 0) is 20.8 Å². The van der Waals surface area contributed by atoms with Crippen LogP contribution in [0.1, 0.15) is 34.6 Å². The summed E-state index contributed by atoms with van der Waals surface area (Å²) in [6, 6.07) is 0. The quantitative estimate of drug-likeness (QED) is 0.699. The van der Waals surface area contributed by atoms with E-state index in [2.05, 4.69) is 5.32 Å². The molecule has 0 aliphatic heterocycles. The van der Waals surface area contributed by atoms with Crippen LogP contribution in [0.25, 0.3) is 0 Å². The Balaban J connectivity index is 2.68. The van der Waals surface area contributed by atoms with Crippen molar-refractivity contribution in [1.82, 2.24) is 5.32 Å². The Morgan fingerprint density at radius 2 is 1.64 bits per heavy atom. The fourth-order valence-electron chi connectivity index (χ4n) is 1.59. The van der Waals surface area contributed by atoms with Crippen molar-refractivity contribution < 1.29 is 4.79 Å². The summed E-state index contributed by atoms with van der Waals surface area (Å²) < 4.78 is -0.914. The Kier molecular flexibility index (Phi) is 2.61. The van der Waals surface area contributed by atoms with Gasteiger partial charge in [0.2, 0.25) is 5.91 Å². The van der Waals surface area contributed by atoms with Crippen molar-refractivity contribution in [2.24, 2.45) is 11.3 Å². The first-order chi connectivity index (χ1) is 6.00. The van der Waals surface area contributed by atoms with Gasteiger partial charge in [0.1, 0.15) is 4.33 Å². The molecule has 1 aliphatic rings. The molecule has 1 fully saturated rings. The van der Waals surface area contributed by atoms with E-state index in [-0.39, 0.29) is 22.8 Å². The Morgan fingerprint density at radius 3 is 1.86 bits per heavy atom. The minimum atomic E-state index is -0.914. The first kappa shape index (κ1) is 12.1. The molecule has 0 spiro atoms. The van der Waals surface area contributed by atoms with Gasteiger partial charge < -0.3 is 5.32 Å². The highest BCUT2D eigenvalue weighted by Crippen LogP contribution is 2.68. The molecular weight excluding hydrogens is 221 g/mol. The summed E-state index contributed by atoms with van der Waals surface area (Å²) in [6.07, 6.45) is 0. The third-order valence-corrected chi connectivity index (χ3v) is 4.03. The molecule has 1 aliphatic carbocycles. The van der Waals surface area contributed by atoms with Crippen LogP contribution in [0.5, 0.6) is 0 Å². The zero-order valence-corrected chi connectivity index (χ0v) is 10.8. The molecule has 1 N–H and O–H groups in total. The molecule has 82 valence electrons. The molecule has 0 saturated heterocycles. The Morgan fingerprint density at radius 1 is 1.29 bits per heavy atom. The monoisotopic (exact) mass is 237 g/mol. The zero-order chi connectivity index (χ0) is 11.4.